The van der Waals surface area contributed by atoms with Crippen molar-refractivity contribution in [1.82, 2.24) is 0 Å². The molecule has 0 N–H and O–H groups in total. The van der Waals surface area contributed by atoms with Crippen LogP contribution in [0.4, 0.5) is 101 Å². The molecule has 0 saturated heterocycles. The summed E-state index contributed by atoms with van der Waals surface area (Å²) in [4.78, 5) is 0. The Labute approximate surface area is 297 Å². The fraction of sp³-hybridized carbons (Fsp3) is 0.812. The minimum absolute atomic E-state index is 0.0926. The number of halogens is 23. The van der Waals surface area contributed by atoms with E-state index in [1.54, 1.807) is 0 Å². The lowest BCUT2D eigenvalue weighted by molar-refractivity contribution is -0.469. The molecule has 2 aliphatic carbocycles. The lowest BCUT2D eigenvalue weighted by Crippen LogP contribution is -2.75. The van der Waals surface area contributed by atoms with Crippen LogP contribution in [0.3, 0.4) is 0 Å². The third-order valence-corrected chi connectivity index (χ3v) is 10.7. The first-order valence-electron chi connectivity index (χ1n) is 16.6. The highest BCUT2D eigenvalue weighted by Gasteiger charge is 2.97. The molecule has 1 aromatic carbocycles. The van der Waals surface area contributed by atoms with Gasteiger partial charge >= 0.3 is 53.6 Å². The normalized spacial score (nSPS) is 23.3. The Morgan fingerprint density at radius 3 is 1.13 bits per heavy atom. The highest BCUT2D eigenvalue weighted by molar-refractivity contribution is 5.37. The van der Waals surface area contributed by atoms with Crippen molar-refractivity contribution in [1.29, 1.82) is 0 Å². The van der Waals surface area contributed by atoms with Crippen molar-refractivity contribution >= 4 is 0 Å². The molecule has 55 heavy (non-hydrogen) atoms. The zero-order valence-electron chi connectivity index (χ0n) is 28.0. The molecule has 320 valence electrons. The summed E-state index contributed by atoms with van der Waals surface area (Å²) in [5.41, 5.74) is -5.95. The molecule has 2 fully saturated rings. The molecule has 0 atom stereocenters. The van der Waals surface area contributed by atoms with Crippen molar-refractivity contribution in [2.75, 3.05) is 0 Å². The molecule has 2 saturated carbocycles. The lowest BCUT2D eigenvalue weighted by Gasteiger charge is -2.43. The number of hydrogen-bond acceptors (Lipinski definition) is 0. The molecular weight excluding hydrogens is 821 g/mol. The van der Waals surface area contributed by atoms with Gasteiger partial charge in [-0.3, -0.25) is 0 Å². The summed E-state index contributed by atoms with van der Waals surface area (Å²) in [7, 11) is 0. The van der Waals surface area contributed by atoms with Gasteiger partial charge in [0.05, 0.1) is 0 Å². The Kier molecular flexibility index (Phi) is 12.9. The van der Waals surface area contributed by atoms with Crippen molar-refractivity contribution < 1.29 is 101 Å². The monoisotopic (exact) mass is 852 g/mol. The SMILES string of the molecule is CCCCC[C@H]1CC[C@H]([C@H]2CC[C@H](c3c(F)c(F)c(C(F)(F)C(F)(F)C(F)(F)C(F)(F)C(F)(F)C(F)(F)C(F)(F)C(F)(F)C(F)(F)F)c(F)c3F)CC2)CC1. The largest absolute Gasteiger partial charge is 0.460 e. The van der Waals surface area contributed by atoms with Crippen LogP contribution in [0.2, 0.25) is 0 Å². The van der Waals surface area contributed by atoms with Gasteiger partial charge in [-0.25, -0.2) is 17.6 Å². The molecule has 1 aromatic rings. The zero-order chi connectivity index (χ0) is 42.8. The van der Waals surface area contributed by atoms with E-state index in [-0.39, 0.29) is 37.5 Å². The molecule has 0 bridgehead atoms. The van der Waals surface area contributed by atoms with E-state index in [1.807, 2.05) is 6.92 Å². The maximum Gasteiger partial charge on any atom is 0.460 e. The second-order valence-corrected chi connectivity index (χ2v) is 14.0. The van der Waals surface area contributed by atoms with Crippen LogP contribution in [0, 0.1) is 41.0 Å². The predicted octanol–water partition coefficient (Wildman–Crippen LogP) is 14.0. The predicted molar refractivity (Wildman–Crippen MR) is 145 cm³/mol. The van der Waals surface area contributed by atoms with Crippen molar-refractivity contribution in [3.8, 4) is 0 Å². The summed E-state index contributed by atoms with van der Waals surface area (Å²) in [6.45, 7) is 2.03. The van der Waals surface area contributed by atoms with Gasteiger partial charge in [0.2, 0.25) is 0 Å². The summed E-state index contributed by atoms with van der Waals surface area (Å²) in [6, 6.07) is 0. The quantitative estimate of drug-likeness (QED) is 0.0994. The van der Waals surface area contributed by atoms with Gasteiger partial charge < -0.3 is 0 Å². The van der Waals surface area contributed by atoms with Gasteiger partial charge in [0, 0.05) is 5.56 Å². The summed E-state index contributed by atoms with van der Waals surface area (Å²) >= 11 is 0. The van der Waals surface area contributed by atoms with Gasteiger partial charge in [0.1, 0.15) is 5.56 Å². The summed E-state index contributed by atoms with van der Waals surface area (Å²) in [5.74, 6) is -85.3. The average molecular weight is 853 g/mol. The van der Waals surface area contributed by atoms with E-state index < -0.39 is 93.9 Å². The van der Waals surface area contributed by atoms with Gasteiger partial charge in [-0.15, -0.1) is 0 Å². The molecular formula is C32H31F23. The maximum atomic E-state index is 15.1. The number of alkyl halides is 19. The van der Waals surface area contributed by atoms with E-state index in [9.17, 15) is 92.2 Å². The first-order valence-corrected chi connectivity index (χ1v) is 16.6. The smallest absolute Gasteiger partial charge is 0.203 e. The summed E-state index contributed by atoms with van der Waals surface area (Å²) in [5, 5.41) is 0. The standard InChI is InChI=1S/C32H31F23/c1-2-3-4-5-14-6-8-15(9-7-14)16-10-12-17(13-11-16)18-20(33)22(35)19(23(36)21(18)34)24(37,38)25(39,40)26(41,42)27(43,44)28(45,46)29(47,48)30(49,50)31(51,52)32(53,54)55/h14-17H,2-13H2,1H3/t14-,15-,16-,17-. The van der Waals surface area contributed by atoms with E-state index in [0.29, 0.717) is 5.92 Å². The molecule has 2 aliphatic rings. The number of rotatable bonds is 14. The first kappa shape index (κ1) is 47.0. The van der Waals surface area contributed by atoms with E-state index >= 15 is 8.78 Å². The van der Waals surface area contributed by atoms with Gasteiger partial charge in [-0.05, 0) is 62.2 Å². The van der Waals surface area contributed by atoms with Crippen LogP contribution in [0.25, 0.3) is 0 Å². The van der Waals surface area contributed by atoms with Crippen LogP contribution in [0.15, 0.2) is 0 Å². The third-order valence-electron chi connectivity index (χ3n) is 10.7. The Hall–Kier alpha value is -2.39. The Balaban J connectivity index is 1.96. The van der Waals surface area contributed by atoms with E-state index in [0.717, 1.165) is 51.4 Å². The molecule has 0 amide bonds. The summed E-state index contributed by atoms with van der Waals surface area (Å²) < 4.78 is 321. The van der Waals surface area contributed by atoms with Gasteiger partial charge in [-0.1, -0.05) is 45.4 Å². The van der Waals surface area contributed by atoms with Crippen molar-refractivity contribution in [3.05, 3.63) is 34.4 Å². The van der Waals surface area contributed by atoms with Gasteiger partial charge in [0.15, 0.2) is 23.3 Å². The van der Waals surface area contributed by atoms with Crippen molar-refractivity contribution in [3.63, 3.8) is 0 Å². The van der Waals surface area contributed by atoms with Gasteiger partial charge in [-0.2, -0.15) is 83.4 Å². The van der Waals surface area contributed by atoms with Gasteiger partial charge in [0.25, 0.3) is 0 Å². The van der Waals surface area contributed by atoms with Crippen molar-refractivity contribution in [2.45, 2.75) is 143 Å². The minimum atomic E-state index is -9.27. The second-order valence-electron chi connectivity index (χ2n) is 14.0. The fourth-order valence-corrected chi connectivity index (χ4v) is 7.31. The molecule has 0 radical (unpaired) electrons. The molecule has 0 spiro atoms. The Bertz CT molecular complexity index is 1460. The van der Waals surface area contributed by atoms with Crippen LogP contribution in [0.1, 0.15) is 101 Å². The van der Waals surface area contributed by atoms with E-state index in [1.165, 1.54) is 0 Å². The van der Waals surface area contributed by atoms with Crippen LogP contribution < -0.4 is 0 Å². The second kappa shape index (κ2) is 15.1. The number of benzene rings is 1. The highest BCUT2D eigenvalue weighted by Crippen LogP contribution is 2.66. The first-order chi connectivity index (χ1) is 24.6. The lowest BCUT2D eigenvalue weighted by atomic mass is 9.67. The molecule has 0 nitrogen and oxygen atoms in total. The van der Waals surface area contributed by atoms with Crippen LogP contribution >= 0.6 is 0 Å². The van der Waals surface area contributed by atoms with E-state index in [2.05, 4.69) is 0 Å². The van der Waals surface area contributed by atoms with E-state index in [4.69, 9.17) is 0 Å². The van der Waals surface area contributed by atoms with Crippen molar-refractivity contribution in [2.24, 2.45) is 17.8 Å². The highest BCUT2D eigenvalue weighted by atomic mass is 19.4. The fourth-order valence-electron chi connectivity index (χ4n) is 7.31. The number of hydrogen-bond donors (Lipinski definition) is 0. The molecule has 23 heteroatoms. The Morgan fingerprint density at radius 2 is 0.764 bits per heavy atom. The molecule has 3 rings (SSSR count). The molecule has 0 heterocycles. The third kappa shape index (κ3) is 7.22. The van der Waals surface area contributed by atoms with Crippen LogP contribution in [0.5, 0.6) is 0 Å². The molecule has 0 aromatic heterocycles. The Morgan fingerprint density at radius 1 is 0.418 bits per heavy atom. The molecule has 0 aliphatic heterocycles. The van der Waals surface area contributed by atoms with Crippen LogP contribution in [-0.4, -0.2) is 47.6 Å². The maximum absolute atomic E-state index is 15.1. The number of unbranched alkanes of at least 4 members (excludes halogenated alkanes) is 2. The average Bonchev–Trinajstić information content (AvgIpc) is 3.07. The zero-order valence-corrected chi connectivity index (χ0v) is 28.0. The minimum Gasteiger partial charge on any atom is -0.203 e. The van der Waals surface area contributed by atoms with Crippen LogP contribution in [-0.2, 0) is 5.92 Å². The topological polar surface area (TPSA) is 0 Å². The summed E-state index contributed by atoms with van der Waals surface area (Å²) in [6.07, 6.45) is -1.03. The molecule has 0 unspecified atom stereocenters.